The first-order valence-electron chi connectivity index (χ1n) is 9.86. The summed E-state index contributed by atoms with van der Waals surface area (Å²) in [4.78, 5) is 25.7. The minimum Gasteiger partial charge on any atom is -0.489 e. The van der Waals surface area contributed by atoms with Gasteiger partial charge in [-0.2, -0.15) is 0 Å². The fourth-order valence-corrected chi connectivity index (χ4v) is 4.47. The van der Waals surface area contributed by atoms with Gasteiger partial charge in [0.25, 0.3) is 0 Å². The van der Waals surface area contributed by atoms with Crippen LogP contribution in [0.5, 0.6) is 5.75 Å². The molecule has 3 aromatic carbocycles. The Morgan fingerprint density at radius 2 is 1.84 bits per heavy atom. The van der Waals surface area contributed by atoms with E-state index in [-0.39, 0.29) is 18.2 Å². The number of thioether (sulfide) groups is 1. The van der Waals surface area contributed by atoms with Crippen LogP contribution in [0.15, 0.2) is 77.7 Å². The van der Waals surface area contributed by atoms with E-state index < -0.39 is 5.25 Å². The van der Waals surface area contributed by atoms with Gasteiger partial charge in [-0.05, 0) is 41.5 Å². The Morgan fingerprint density at radius 3 is 2.68 bits per heavy atom. The van der Waals surface area contributed by atoms with Crippen LogP contribution in [0.4, 0.5) is 5.69 Å². The second-order valence-electron chi connectivity index (χ2n) is 7.14. The number of carbonyl (C=O) groups excluding carboxylic acids is 2. The molecule has 2 amide bonds. The van der Waals surface area contributed by atoms with Crippen LogP contribution in [0.1, 0.15) is 17.5 Å². The summed E-state index contributed by atoms with van der Waals surface area (Å²) in [5.74, 6) is 0.458. The van der Waals surface area contributed by atoms with Gasteiger partial charge in [0.15, 0.2) is 0 Å². The third-order valence-electron chi connectivity index (χ3n) is 4.76. The van der Waals surface area contributed by atoms with Gasteiger partial charge in [0.05, 0.1) is 10.9 Å². The van der Waals surface area contributed by atoms with Crippen LogP contribution in [0.25, 0.3) is 0 Å². The number of nitrogens with one attached hydrogen (secondary N) is 2. The molecule has 0 saturated heterocycles. The number of fused-ring (bicyclic) bond motifs is 1. The number of ether oxygens (including phenoxy) is 1. The van der Waals surface area contributed by atoms with E-state index in [4.69, 9.17) is 16.3 Å². The molecule has 3 aromatic rings. The molecular formula is C24H21ClN2O3S. The molecule has 0 fully saturated rings. The van der Waals surface area contributed by atoms with E-state index in [9.17, 15) is 9.59 Å². The molecule has 2 N–H and O–H groups in total. The van der Waals surface area contributed by atoms with Gasteiger partial charge in [0.2, 0.25) is 11.8 Å². The van der Waals surface area contributed by atoms with Crippen LogP contribution >= 0.6 is 23.4 Å². The number of hydrogen-bond acceptors (Lipinski definition) is 4. The standard InChI is InChI=1S/C24H21ClN2O3S/c25-18-9-10-21-20(12-18)27-24(29)22(31-21)13-23(28)26-14-16-5-4-6-17(11-16)15-30-19-7-2-1-3-8-19/h1-12,22H,13-15H2,(H,26,28)(H,27,29). The molecule has 0 aromatic heterocycles. The molecule has 31 heavy (non-hydrogen) atoms. The lowest BCUT2D eigenvalue weighted by Gasteiger charge is -2.23. The summed E-state index contributed by atoms with van der Waals surface area (Å²) in [6, 6.07) is 22.9. The topological polar surface area (TPSA) is 67.4 Å². The van der Waals surface area contributed by atoms with E-state index in [0.717, 1.165) is 21.8 Å². The molecule has 1 heterocycles. The summed E-state index contributed by atoms with van der Waals surface area (Å²) in [7, 11) is 0. The van der Waals surface area contributed by atoms with Crippen molar-refractivity contribution in [1.82, 2.24) is 5.32 Å². The van der Waals surface area contributed by atoms with Gasteiger partial charge in [0, 0.05) is 22.9 Å². The highest BCUT2D eigenvalue weighted by molar-refractivity contribution is 8.01. The van der Waals surface area contributed by atoms with Crippen molar-refractivity contribution in [3.05, 3.63) is 88.9 Å². The number of anilines is 1. The smallest absolute Gasteiger partial charge is 0.238 e. The highest BCUT2D eigenvalue weighted by Gasteiger charge is 2.29. The zero-order valence-electron chi connectivity index (χ0n) is 16.6. The first-order valence-corrected chi connectivity index (χ1v) is 11.1. The fraction of sp³-hybridized carbons (Fsp3) is 0.167. The van der Waals surface area contributed by atoms with Crippen molar-refractivity contribution in [2.75, 3.05) is 5.32 Å². The maximum atomic E-state index is 12.4. The van der Waals surface area contributed by atoms with E-state index in [0.29, 0.717) is 23.9 Å². The lowest BCUT2D eigenvalue weighted by atomic mass is 10.1. The summed E-state index contributed by atoms with van der Waals surface area (Å²) in [5, 5.41) is 5.82. The Balaban J connectivity index is 1.29. The van der Waals surface area contributed by atoms with E-state index in [1.165, 1.54) is 11.8 Å². The number of amides is 2. The van der Waals surface area contributed by atoms with E-state index >= 15 is 0 Å². The molecule has 1 unspecified atom stereocenters. The van der Waals surface area contributed by atoms with Gasteiger partial charge < -0.3 is 15.4 Å². The molecule has 1 aliphatic rings. The van der Waals surface area contributed by atoms with E-state index in [1.54, 1.807) is 12.1 Å². The Bertz CT molecular complexity index is 1090. The Labute approximate surface area is 190 Å². The molecule has 4 rings (SSSR count). The molecule has 0 aliphatic carbocycles. The van der Waals surface area contributed by atoms with Gasteiger partial charge >= 0.3 is 0 Å². The quantitative estimate of drug-likeness (QED) is 0.527. The largest absolute Gasteiger partial charge is 0.489 e. The molecule has 0 bridgehead atoms. The molecule has 7 heteroatoms. The molecular weight excluding hydrogens is 432 g/mol. The summed E-state index contributed by atoms with van der Waals surface area (Å²) in [5.41, 5.74) is 2.69. The number of benzene rings is 3. The monoisotopic (exact) mass is 452 g/mol. The second kappa shape index (κ2) is 9.90. The molecule has 1 atom stereocenters. The summed E-state index contributed by atoms with van der Waals surface area (Å²) < 4.78 is 5.78. The maximum Gasteiger partial charge on any atom is 0.238 e. The normalized spacial score (nSPS) is 15.0. The fourth-order valence-electron chi connectivity index (χ4n) is 3.21. The SMILES string of the molecule is O=C(CC1Sc2ccc(Cl)cc2NC1=O)NCc1cccc(COc2ccccc2)c1. The van der Waals surface area contributed by atoms with Crippen molar-refractivity contribution in [1.29, 1.82) is 0 Å². The highest BCUT2D eigenvalue weighted by atomic mass is 35.5. The number of para-hydroxylation sites is 1. The minimum atomic E-state index is -0.473. The second-order valence-corrected chi connectivity index (χ2v) is 8.82. The Hall–Kier alpha value is -2.96. The summed E-state index contributed by atoms with van der Waals surface area (Å²) >= 11 is 7.36. The van der Waals surface area contributed by atoms with Gasteiger partial charge in [-0.3, -0.25) is 9.59 Å². The highest BCUT2D eigenvalue weighted by Crippen LogP contribution is 2.38. The molecule has 0 saturated carbocycles. The number of halogens is 1. The molecule has 158 valence electrons. The van der Waals surface area contributed by atoms with Crippen LogP contribution in [0.3, 0.4) is 0 Å². The lowest BCUT2D eigenvalue weighted by Crippen LogP contribution is -2.34. The summed E-state index contributed by atoms with van der Waals surface area (Å²) in [6.07, 6.45) is 0.107. The number of hydrogen-bond donors (Lipinski definition) is 2. The van der Waals surface area contributed by atoms with Crippen molar-refractivity contribution < 1.29 is 14.3 Å². The molecule has 0 radical (unpaired) electrons. The Kier molecular flexibility index (Phi) is 6.79. The zero-order chi connectivity index (χ0) is 21.6. The van der Waals surface area contributed by atoms with Crippen molar-refractivity contribution in [2.45, 2.75) is 29.7 Å². The molecule has 5 nitrogen and oxygen atoms in total. The molecule has 1 aliphatic heterocycles. The average molecular weight is 453 g/mol. The number of rotatable bonds is 7. The first-order chi connectivity index (χ1) is 15.1. The predicted molar refractivity (Wildman–Crippen MR) is 123 cm³/mol. The van der Waals surface area contributed by atoms with Crippen molar-refractivity contribution in [3.8, 4) is 5.75 Å². The van der Waals surface area contributed by atoms with Crippen LogP contribution < -0.4 is 15.4 Å². The number of carbonyl (C=O) groups is 2. The van der Waals surface area contributed by atoms with Gasteiger partial charge in [-0.15, -0.1) is 11.8 Å². The van der Waals surface area contributed by atoms with Crippen molar-refractivity contribution >= 4 is 40.9 Å². The third-order valence-corrected chi connectivity index (χ3v) is 6.27. The predicted octanol–water partition coefficient (Wildman–Crippen LogP) is 5.04. The van der Waals surface area contributed by atoms with Gasteiger partial charge in [-0.1, -0.05) is 54.1 Å². The van der Waals surface area contributed by atoms with E-state index in [2.05, 4.69) is 10.6 Å². The van der Waals surface area contributed by atoms with Crippen LogP contribution in [0.2, 0.25) is 5.02 Å². The Morgan fingerprint density at radius 1 is 1.03 bits per heavy atom. The van der Waals surface area contributed by atoms with E-state index in [1.807, 2.05) is 60.7 Å². The van der Waals surface area contributed by atoms with Crippen LogP contribution in [-0.4, -0.2) is 17.1 Å². The molecule has 0 spiro atoms. The third kappa shape index (κ3) is 5.81. The van der Waals surface area contributed by atoms with Crippen LogP contribution in [-0.2, 0) is 22.7 Å². The van der Waals surface area contributed by atoms with Crippen molar-refractivity contribution in [3.63, 3.8) is 0 Å². The zero-order valence-corrected chi connectivity index (χ0v) is 18.2. The van der Waals surface area contributed by atoms with Gasteiger partial charge in [-0.25, -0.2) is 0 Å². The lowest BCUT2D eigenvalue weighted by molar-refractivity contribution is -0.124. The minimum absolute atomic E-state index is 0.107. The average Bonchev–Trinajstić information content (AvgIpc) is 2.78. The van der Waals surface area contributed by atoms with Gasteiger partial charge in [0.1, 0.15) is 12.4 Å². The first kappa shape index (κ1) is 21.3. The summed E-state index contributed by atoms with van der Waals surface area (Å²) in [6.45, 7) is 0.845. The van der Waals surface area contributed by atoms with Crippen molar-refractivity contribution in [2.24, 2.45) is 0 Å². The van der Waals surface area contributed by atoms with Crippen LogP contribution in [0, 0.1) is 0 Å². The maximum absolute atomic E-state index is 12.4.